The van der Waals surface area contributed by atoms with Gasteiger partial charge in [-0.05, 0) is 13.8 Å². The average molecular weight is 177 g/mol. The largest absolute Gasteiger partial charge is 0.336 e. The molecule has 0 spiro atoms. The summed E-state index contributed by atoms with van der Waals surface area (Å²) in [6, 6.07) is 0.485. The van der Waals surface area contributed by atoms with Crippen molar-refractivity contribution in [3.8, 4) is 12.3 Å². The Labute approximate surface area is 79.2 Å². The lowest BCUT2D eigenvalue weighted by Gasteiger charge is -2.16. The Kier molecular flexibility index (Phi) is 3.53. The topological polar surface area (TPSA) is 29.9 Å². The first-order valence-electron chi connectivity index (χ1n) is 4.40. The number of nitrogens with one attached hydrogen (secondary N) is 1. The second-order valence-corrected chi connectivity index (χ2v) is 3.22. The molecule has 0 amide bonds. The van der Waals surface area contributed by atoms with Crippen molar-refractivity contribution in [3.05, 3.63) is 18.7 Å². The van der Waals surface area contributed by atoms with Crippen LogP contribution in [0.3, 0.4) is 0 Å². The molecule has 1 N–H and O–H groups in total. The molecular formula is C10H15N3. The molecule has 0 aliphatic carbocycles. The quantitative estimate of drug-likeness (QED) is 0.692. The van der Waals surface area contributed by atoms with E-state index in [0.29, 0.717) is 6.04 Å². The van der Waals surface area contributed by atoms with Gasteiger partial charge in [-0.3, -0.25) is 5.32 Å². The third-order valence-electron chi connectivity index (χ3n) is 1.83. The van der Waals surface area contributed by atoms with Crippen LogP contribution in [0.15, 0.2) is 18.7 Å². The summed E-state index contributed by atoms with van der Waals surface area (Å²) in [5.41, 5.74) is 0. The molecule has 0 fully saturated rings. The molecule has 1 heterocycles. The minimum atomic E-state index is 0.124. The molecule has 0 saturated heterocycles. The van der Waals surface area contributed by atoms with Gasteiger partial charge in [-0.25, -0.2) is 4.98 Å². The maximum Gasteiger partial charge on any atom is 0.0946 e. The predicted molar refractivity (Wildman–Crippen MR) is 53.1 cm³/mol. The van der Waals surface area contributed by atoms with E-state index < -0.39 is 0 Å². The van der Waals surface area contributed by atoms with Gasteiger partial charge in [0.25, 0.3) is 0 Å². The second-order valence-electron chi connectivity index (χ2n) is 3.22. The van der Waals surface area contributed by atoms with Gasteiger partial charge in [-0.2, -0.15) is 0 Å². The van der Waals surface area contributed by atoms with Crippen LogP contribution in [0.1, 0.15) is 13.8 Å². The number of terminal acetylenes is 1. The summed E-state index contributed by atoms with van der Waals surface area (Å²) in [6.07, 6.45) is 10.8. The van der Waals surface area contributed by atoms with Crippen molar-refractivity contribution in [3.63, 3.8) is 0 Å². The number of imidazole rings is 1. The summed E-state index contributed by atoms with van der Waals surface area (Å²) in [6.45, 7) is 4.98. The van der Waals surface area contributed by atoms with Gasteiger partial charge in [0, 0.05) is 25.0 Å². The van der Waals surface area contributed by atoms with E-state index in [2.05, 4.69) is 23.1 Å². The number of nitrogens with zero attached hydrogens (tertiary/aromatic N) is 2. The van der Waals surface area contributed by atoms with Crippen molar-refractivity contribution in [2.75, 3.05) is 0 Å². The fraction of sp³-hybridized carbons (Fsp3) is 0.500. The molecule has 3 nitrogen and oxygen atoms in total. The van der Waals surface area contributed by atoms with Crippen LogP contribution in [0.25, 0.3) is 0 Å². The Morgan fingerprint density at radius 1 is 1.62 bits per heavy atom. The Hall–Kier alpha value is -1.27. The molecule has 0 aliphatic rings. The monoisotopic (exact) mass is 177 g/mol. The summed E-state index contributed by atoms with van der Waals surface area (Å²) in [7, 11) is 0. The lowest BCUT2D eigenvalue weighted by Crippen LogP contribution is -2.36. The van der Waals surface area contributed by atoms with Gasteiger partial charge in [0.2, 0.25) is 0 Å². The van der Waals surface area contributed by atoms with E-state index in [4.69, 9.17) is 6.42 Å². The molecule has 2 unspecified atom stereocenters. The Balaban J connectivity index is 2.34. The summed E-state index contributed by atoms with van der Waals surface area (Å²) < 4.78 is 2.03. The Morgan fingerprint density at radius 2 is 2.38 bits per heavy atom. The van der Waals surface area contributed by atoms with Crippen LogP contribution in [0.2, 0.25) is 0 Å². The smallest absolute Gasteiger partial charge is 0.0946 e. The highest BCUT2D eigenvalue weighted by Gasteiger charge is 2.04. The molecule has 0 aliphatic heterocycles. The predicted octanol–water partition coefficient (Wildman–Crippen LogP) is 0.883. The lowest BCUT2D eigenvalue weighted by molar-refractivity contribution is 0.461. The number of rotatable bonds is 4. The molecule has 13 heavy (non-hydrogen) atoms. The zero-order chi connectivity index (χ0) is 9.68. The van der Waals surface area contributed by atoms with E-state index >= 15 is 0 Å². The maximum absolute atomic E-state index is 5.26. The first-order valence-corrected chi connectivity index (χ1v) is 4.40. The van der Waals surface area contributed by atoms with Crippen molar-refractivity contribution in [1.82, 2.24) is 14.9 Å². The molecule has 0 radical (unpaired) electrons. The molecular weight excluding hydrogens is 162 g/mol. The highest BCUT2D eigenvalue weighted by Crippen LogP contribution is 1.92. The van der Waals surface area contributed by atoms with Gasteiger partial charge in [-0.15, -0.1) is 6.42 Å². The Bertz CT molecular complexity index is 271. The zero-order valence-corrected chi connectivity index (χ0v) is 8.07. The fourth-order valence-corrected chi connectivity index (χ4v) is 1.24. The molecule has 3 heteroatoms. The normalized spacial score (nSPS) is 14.8. The van der Waals surface area contributed by atoms with E-state index in [9.17, 15) is 0 Å². The van der Waals surface area contributed by atoms with Crippen LogP contribution < -0.4 is 5.32 Å². The van der Waals surface area contributed by atoms with Crippen LogP contribution in [0, 0.1) is 12.3 Å². The standard InChI is InChI=1S/C10H15N3/c1-4-9(2)12-10(3)7-13-6-5-11-8-13/h1,5-6,8-10,12H,7H2,2-3H3. The minimum absolute atomic E-state index is 0.124. The molecule has 0 aromatic carbocycles. The molecule has 0 saturated carbocycles. The van der Waals surface area contributed by atoms with Crippen LogP contribution in [0.5, 0.6) is 0 Å². The summed E-state index contributed by atoms with van der Waals surface area (Å²) >= 11 is 0. The van der Waals surface area contributed by atoms with Crippen LogP contribution in [-0.4, -0.2) is 21.6 Å². The van der Waals surface area contributed by atoms with Gasteiger partial charge in [0.15, 0.2) is 0 Å². The zero-order valence-electron chi connectivity index (χ0n) is 8.07. The molecule has 1 aromatic rings. The maximum atomic E-state index is 5.26. The van der Waals surface area contributed by atoms with Crippen LogP contribution in [-0.2, 0) is 6.54 Å². The van der Waals surface area contributed by atoms with E-state index in [1.165, 1.54) is 0 Å². The Morgan fingerprint density at radius 3 is 2.92 bits per heavy atom. The van der Waals surface area contributed by atoms with Crippen molar-refractivity contribution < 1.29 is 0 Å². The second kappa shape index (κ2) is 4.68. The van der Waals surface area contributed by atoms with Crippen LogP contribution >= 0.6 is 0 Å². The fourth-order valence-electron chi connectivity index (χ4n) is 1.24. The van der Waals surface area contributed by atoms with Crippen molar-refractivity contribution >= 4 is 0 Å². The minimum Gasteiger partial charge on any atom is -0.336 e. The van der Waals surface area contributed by atoms with Gasteiger partial charge < -0.3 is 4.57 Å². The first kappa shape index (κ1) is 9.82. The van der Waals surface area contributed by atoms with E-state index in [-0.39, 0.29) is 6.04 Å². The SMILES string of the molecule is C#CC(C)NC(C)Cn1ccnc1. The summed E-state index contributed by atoms with van der Waals surface area (Å²) in [4.78, 5) is 3.97. The molecule has 1 rings (SSSR count). The summed E-state index contributed by atoms with van der Waals surface area (Å²) in [5, 5.41) is 3.28. The van der Waals surface area contributed by atoms with Crippen molar-refractivity contribution in [2.45, 2.75) is 32.5 Å². The highest BCUT2D eigenvalue weighted by molar-refractivity contribution is 4.96. The third-order valence-corrected chi connectivity index (χ3v) is 1.83. The van der Waals surface area contributed by atoms with E-state index in [1.54, 1.807) is 12.5 Å². The summed E-state index contributed by atoms with van der Waals surface area (Å²) in [5.74, 6) is 2.64. The average Bonchev–Trinajstić information content (AvgIpc) is 2.56. The van der Waals surface area contributed by atoms with E-state index in [0.717, 1.165) is 6.54 Å². The van der Waals surface area contributed by atoms with Crippen molar-refractivity contribution in [1.29, 1.82) is 0 Å². The third kappa shape index (κ3) is 3.30. The molecule has 0 bridgehead atoms. The van der Waals surface area contributed by atoms with E-state index in [1.807, 2.05) is 17.7 Å². The van der Waals surface area contributed by atoms with Crippen molar-refractivity contribution in [2.24, 2.45) is 0 Å². The molecule has 2 atom stereocenters. The molecule has 70 valence electrons. The number of hydrogen-bond donors (Lipinski definition) is 1. The number of aromatic nitrogens is 2. The van der Waals surface area contributed by atoms with Gasteiger partial charge in [-0.1, -0.05) is 5.92 Å². The van der Waals surface area contributed by atoms with Crippen LogP contribution in [0.4, 0.5) is 0 Å². The first-order chi connectivity index (χ1) is 6.22. The number of hydrogen-bond acceptors (Lipinski definition) is 2. The van der Waals surface area contributed by atoms with Gasteiger partial charge >= 0.3 is 0 Å². The van der Waals surface area contributed by atoms with Gasteiger partial charge in [0.1, 0.15) is 0 Å². The highest BCUT2D eigenvalue weighted by atomic mass is 15.1. The molecule has 1 aromatic heterocycles. The lowest BCUT2D eigenvalue weighted by atomic mass is 10.2. The van der Waals surface area contributed by atoms with Gasteiger partial charge in [0.05, 0.1) is 12.4 Å².